The first kappa shape index (κ1) is 11.6. The fourth-order valence-corrected chi connectivity index (χ4v) is 0.833. The number of rotatable bonds is 5. The third kappa shape index (κ3) is 3.66. The van der Waals surface area contributed by atoms with Gasteiger partial charge in [0.2, 0.25) is 5.91 Å². The molecular formula is C7H12N2O4. The molecule has 2 atom stereocenters. The molecule has 0 radical (unpaired) electrons. The molecule has 0 aromatic rings. The minimum Gasteiger partial charge on any atom is -0.481 e. The van der Waals surface area contributed by atoms with Crippen LogP contribution in [-0.4, -0.2) is 28.8 Å². The average Bonchev–Trinajstić information content (AvgIpc) is 1.97. The van der Waals surface area contributed by atoms with Crippen LogP contribution in [-0.2, 0) is 14.4 Å². The first-order chi connectivity index (χ1) is 5.86. The Morgan fingerprint density at radius 1 is 1.38 bits per heavy atom. The zero-order valence-corrected chi connectivity index (χ0v) is 7.19. The van der Waals surface area contributed by atoms with Crippen LogP contribution in [0.3, 0.4) is 0 Å². The molecule has 0 aliphatic rings. The molecule has 1 amide bonds. The normalized spacial score (nSPS) is 14.6. The molecule has 0 spiro atoms. The van der Waals surface area contributed by atoms with Crippen molar-refractivity contribution in [3.63, 3.8) is 0 Å². The van der Waals surface area contributed by atoms with E-state index in [0.717, 1.165) is 0 Å². The molecule has 0 aliphatic heterocycles. The lowest BCUT2D eigenvalue weighted by Gasteiger charge is -2.11. The summed E-state index contributed by atoms with van der Waals surface area (Å²) in [6, 6.07) is -0.878. The molecule has 0 heterocycles. The van der Waals surface area contributed by atoms with Crippen molar-refractivity contribution in [3.8, 4) is 0 Å². The maximum absolute atomic E-state index is 11.1. The fraction of sp³-hybridized carbons (Fsp3) is 0.571. The van der Waals surface area contributed by atoms with Gasteiger partial charge in [-0.1, -0.05) is 0 Å². The number of Topliss-reactive ketones (excluding diaryl/α,β-unsaturated/α-hetero) is 1. The van der Waals surface area contributed by atoms with Gasteiger partial charge in [-0.15, -0.1) is 0 Å². The summed E-state index contributed by atoms with van der Waals surface area (Å²) < 4.78 is 0. The molecule has 0 unspecified atom stereocenters. The second-order valence-corrected chi connectivity index (χ2v) is 2.74. The summed E-state index contributed by atoms with van der Waals surface area (Å²) in [7, 11) is 0. The minimum absolute atomic E-state index is 0.601. The molecule has 0 aromatic heterocycles. The maximum atomic E-state index is 11.1. The van der Waals surface area contributed by atoms with E-state index in [-0.39, 0.29) is 0 Å². The van der Waals surface area contributed by atoms with Crippen LogP contribution >= 0.6 is 0 Å². The number of aliphatic carboxylic acids is 1. The number of amides is 1. The van der Waals surface area contributed by atoms with Gasteiger partial charge < -0.3 is 16.6 Å². The number of carboxylic acid groups (broad SMARTS) is 1. The summed E-state index contributed by atoms with van der Waals surface area (Å²) in [6.07, 6.45) is -0.601. The molecule has 0 bridgehead atoms. The molecule has 0 fully saturated rings. The largest absolute Gasteiger partial charge is 0.481 e. The van der Waals surface area contributed by atoms with E-state index in [1.54, 1.807) is 0 Å². The van der Waals surface area contributed by atoms with Crippen molar-refractivity contribution in [1.82, 2.24) is 0 Å². The predicted octanol–water partition coefficient (Wildman–Crippen LogP) is -1.52. The summed E-state index contributed by atoms with van der Waals surface area (Å²) in [4.78, 5) is 32.0. The summed E-state index contributed by atoms with van der Waals surface area (Å²) >= 11 is 0. The van der Waals surface area contributed by atoms with E-state index in [1.165, 1.54) is 6.92 Å². The van der Waals surface area contributed by atoms with Crippen molar-refractivity contribution in [2.45, 2.75) is 19.4 Å². The smallest absolute Gasteiger partial charge is 0.304 e. The van der Waals surface area contributed by atoms with Gasteiger partial charge in [-0.2, -0.15) is 0 Å². The van der Waals surface area contributed by atoms with Crippen molar-refractivity contribution in [2.75, 3.05) is 0 Å². The second-order valence-electron chi connectivity index (χ2n) is 2.74. The zero-order valence-electron chi connectivity index (χ0n) is 7.19. The molecule has 0 aromatic carbocycles. The molecule has 0 saturated carbocycles. The number of hydrogen-bond donors (Lipinski definition) is 3. The number of hydrogen-bond acceptors (Lipinski definition) is 4. The van der Waals surface area contributed by atoms with E-state index in [4.69, 9.17) is 16.6 Å². The Kier molecular flexibility index (Phi) is 4.06. The van der Waals surface area contributed by atoms with Gasteiger partial charge in [-0.3, -0.25) is 14.4 Å². The van der Waals surface area contributed by atoms with Gasteiger partial charge in [-0.05, 0) is 6.92 Å². The highest BCUT2D eigenvalue weighted by atomic mass is 16.4. The number of nitrogens with two attached hydrogens (primary N) is 2. The van der Waals surface area contributed by atoms with Gasteiger partial charge in [0.05, 0.1) is 12.5 Å². The Morgan fingerprint density at radius 3 is 2.08 bits per heavy atom. The van der Waals surface area contributed by atoms with Crippen LogP contribution in [0.4, 0.5) is 0 Å². The van der Waals surface area contributed by atoms with Crippen LogP contribution in [0.2, 0.25) is 0 Å². The lowest BCUT2D eigenvalue weighted by Crippen LogP contribution is -2.40. The van der Waals surface area contributed by atoms with Crippen molar-refractivity contribution in [3.05, 3.63) is 0 Å². The second kappa shape index (κ2) is 4.56. The molecule has 0 saturated heterocycles. The summed E-state index contributed by atoms with van der Waals surface area (Å²) in [6.45, 7) is 1.38. The van der Waals surface area contributed by atoms with Crippen LogP contribution in [0.25, 0.3) is 0 Å². The van der Waals surface area contributed by atoms with Gasteiger partial charge in [0.15, 0.2) is 5.78 Å². The molecular weight excluding hydrogens is 176 g/mol. The SMILES string of the molecule is C[C@H](N)C(=O)[C@H](CC(=O)O)C(N)=O. The molecule has 0 rings (SSSR count). The monoisotopic (exact) mass is 188 g/mol. The number of ketones is 1. The van der Waals surface area contributed by atoms with E-state index >= 15 is 0 Å². The Morgan fingerprint density at radius 2 is 1.85 bits per heavy atom. The highest BCUT2D eigenvalue weighted by Crippen LogP contribution is 2.06. The van der Waals surface area contributed by atoms with Crippen molar-refractivity contribution < 1.29 is 19.5 Å². The van der Waals surface area contributed by atoms with Crippen molar-refractivity contribution >= 4 is 17.7 Å². The van der Waals surface area contributed by atoms with Gasteiger partial charge in [-0.25, -0.2) is 0 Å². The minimum atomic E-state index is -1.32. The lowest BCUT2D eigenvalue weighted by atomic mass is 9.95. The standard InChI is InChI=1S/C7H12N2O4/c1-3(8)6(12)4(7(9)13)2-5(10)11/h3-4H,2,8H2,1H3,(H2,9,13)(H,10,11)/t3-,4-/m0/s1. The van der Waals surface area contributed by atoms with Crippen molar-refractivity contribution in [2.24, 2.45) is 17.4 Å². The van der Waals surface area contributed by atoms with Crippen LogP contribution < -0.4 is 11.5 Å². The van der Waals surface area contributed by atoms with Crippen LogP contribution in [0.15, 0.2) is 0 Å². The van der Waals surface area contributed by atoms with Gasteiger partial charge in [0.25, 0.3) is 0 Å². The average molecular weight is 188 g/mol. The predicted molar refractivity (Wildman–Crippen MR) is 43.6 cm³/mol. The molecule has 6 nitrogen and oxygen atoms in total. The number of carboxylic acids is 1. The Balaban J connectivity index is 4.52. The number of carbonyl (C=O) groups is 3. The van der Waals surface area contributed by atoms with Gasteiger partial charge in [0.1, 0.15) is 5.92 Å². The van der Waals surface area contributed by atoms with E-state index in [1.807, 2.05) is 0 Å². The highest BCUT2D eigenvalue weighted by Gasteiger charge is 2.28. The van der Waals surface area contributed by atoms with E-state index in [2.05, 4.69) is 0 Å². The topological polar surface area (TPSA) is 123 Å². The Labute approximate surface area is 74.9 Å². The summed E-state index contributed by atoms with van der Waals surface area (Å²) in [5.41, 5.74) is 10.0. The molecule has 6 heteroatoms. The first-order valence-corrected chi connectivity index (χ1v) is 3.66. The maximum Gasteiger partial charge on any atom is 0.304 e. The summed E-state index contributed by atoms with van der Waals surface area (Å²) in [5.74, 6) is -4.17. The van der Waals surface area contributed by atoms with Crippen LogP contribution in [0, 0.1) is 5.92 Å². The van der Waals surface area contributed by atoms with Gasteiger partial charge >= 0.3 is 5.97 Å². The first-order valence-electron chi connectivity index (χ1n) is 3.66. The molecule has 13 heavy (non-hydrogen) atoms. The Hall–Kier alpha value is -1.43. The zero-order chi connectivity index (χ0) is 10.6. The lowest BCUT2D eigenvalue weighted by molar-refractivity contribution is -0.144. The summed E-state index contributed by atoms with van der Waals surface area (Å²) in [5, 5.41) is 8.36. The highest BCUT2D eigenvalue weighted by molar-refractivity contribution is 6.04. The molecule has 5 N–H and O–H groups in total. The fourth-order valence-electron chi connectivity index (χ4n) is 0.833. The van der Waals surface area contributed by atoms with Gasteiger partial charge in [0, 0.05) is 0 Å². The molecule has 74 valence electrons. The quantitative estimate of drug-likeness (QED) is 0.452. The Bertz CT molecular complexity index is 237. The van der Waals surface area contributed by atoms with E-state index in [9.17, 15) is 14.4 Å². The van der Waals surface area contributed by atoms with Crippen LogP contribution in [0.5, 0.6) is 0 Å². The third-order valence-corrected chi connectivity index (χ3v) is 1.51. The third-order valence-electron chi connectivity index (χ3n) is 1.51. The van der Waals surface area contributed by atoms with Crippen molar-refractivity contribution in [1.29, 1.82) is 0 Å². The number of primary amides is 1. The number of carbonyl (C=O) groups excluding carboxylic acids is 2. The molecule has 0 aliphatic carbocycles. The van der Waals surface area contributed by atoms with E-state index < -0.39 is 36.0 Å². The van der Waals surface area contributed by atoms with Crippen LogP contribution in [0.1, 0.15) is 13.3 Å². The van der Waals surface area contributed by atoms with E-state index in [0.29, 0.717) is 0 Å².